The molecule has 2 aromatic heterocycles. The maximum atomic E-state index is 3.97. The summed E-state index contributed by atoms with van der Waals surface area (Å²) in [6, 6.07) is 1.80. The second-order valence-electron chi connectivity index (χ2n) is 1.79. The Labute approximate surface area is 64.8 Å². The topological polar surface area (TPSA) is 54.5 Å². The Bertz CT molecular complexity index is 355. The van der Waals surface area contributed by atoms with E-state index in [0.717, 1.165) is 15.6 Å². The average Bonchev–Trinajstić information content (AvgIpc) is 2.36. The van der Waals surface area contributed by atoms with Crippen LogP contribution in [0.3, 0.4) is 0 Å². The van der Waals surface area contributed by atoms with Crippen LogP contribution in [0.2, 0.25) is 0 Å². The number of H-pyrrole nitrogens is 1. The van der Waals surface area contributed by atoms with Crippen molar-refractivity contribution >= 4 is 27.0 Å². The maximum Gasteiger partial charge on any atom is 0.145 e. The van der Waals surface area contributed by atoms with Gasteiger partial charge in [-0.15, -0.1) is 0 Å². The fourth-order valence-corrected chi connectivity index (χ4v) is 1.15. The molecule has 0 amide bonds. The van der Waals surface area contributed by atoms with Crippen LogP contribution in [0, 0.1) is 0 Å². The molecule has 0 aliphatic rings. The highest BCUT2D eigenvalue weighted by molar-refractivity contribution is 9.10. The predicted molar refractivity (Wildman–Crippen MR) is 39.4 cm³/mol. The van der Waals surface area contributed by atoms with E-state index in [1.54, 1.807) is 12.3 Å². The van der Waals surface area contributed by atoms with Crippen LogP contribution in [0.15, 0.2) is 16.9 Å². The molecule has 0 bridgehead atoms. The first-order valence-corrected chi connectivity index (χ1v) is 3.48. The van der Waals surface area contributed by atoms with Crippen molar-refractivity contribution in [1.82, 2.24) is 20.4 Å². The first kappa shape index (κ1) is 5.79. The predicted octanol–water partition coefficient (Wildman–Crippen LogP) is 1.12. The summed E-state index contributed by atoms with van der Waals surface area (Å²) in [5.41, 5.74) is 1.59. The van der Waals surface area contributed by atoms with Crippen LogP contribution in [0.1, 0.15) is 0 Å². The van der Waals surface area contributed by atoms with Gasteiger partial charge in [-0.05, 0) is 22.0 Å². The van der Waals surface area contributed by atoms with Crippen molar-refractivity contribution < 1.29 is 0 Å². The lowest BCUT2D eigenvalue weighted by atomic mass is 10.4. The molecule has 2 heterocycles. The van der Waals surface area contributed by atoms with Crippen molar-refractivity contribution in [2.45, 2.75) is 0 Å². The Balaban J connectivity index is 2.95. The number of nitrogens with zero attached hydrogens (tertiary/aromatic N) is 3. The Morgan fingerprint density at radius 2 is 2.30 bits per heavy atom. The number of nitrogens with one attached hydrogen (secondary N) is 1. The van der Waals surface area contributed by atoms with Gasteiger partial charge < -0.3 is 0 Å². The second-order valence-corrected chi connectivity index (χ2v) is 2.54. The van der Waals surface area contributed by atoms with E-state index < -0.39 is 0 Å². The quantitative estimate of drug-likeness (QED) is 0.646. The normalized spacial score (nSPS) is 10.5. The second kappa shape index (κ2) is 2.02. The first-order valence-electron chi connectivity index (χ1n) is 2.69. The van der Waals surface area contributed by atoms with Gasteiger partial charge in [0.05, 0.1) is 0 Å². The summed E-state index contributed by atoms with van der Waals surface area (Å²) in [6.45, 7) is 0. The van der Waals surface area contributed by atoms with Gasteiger partial charge in [0.1, 0.15) is 15.6 Å². The van der Waals surface area contributed by atoms with E-state index in [1.165, 1.54) is 0 Å². The molecule has 0 aliphatic carbocycles. The number of hydrogen-bond acceptors (Lipinski definition) is 3. The molecular formula is C5H3BrN4. The minimum atomic E-state index is 0.721. The summed E-state index contributed by atoms with van der Waals surface area (Å²) in [5.74, 6) is 0. The molecule has 0 unspecified atom stereocenters. The van der Waals surface area contributed by atoms with Crippen LogP contribution in [-0.4, -0.2) is 20.4 Å². The highest BCUT2D eigenvalue weighted by Gasteiger charge is 2.00. The molecule has 1 N–H and O–H groups in total. The summed E-state index contributed by atoms with van der Waals surface area (Å²) >= 11 is 3.24. The summed E-state index contributed by atoms with van der Waals surface area (Å²) < 4.78 is 0.721. The van der Waals surface area contributed by atoms with Crippen LogP contribution >= 0.6 is 15.9 Å². The van der Waals surface area contributed by atoms with E-state index in [9.17, 15) is 0 Å². The first-order chi connectivity index (χ1) is 4.88. The number of aromatic nitrogens is 4. The highest BCUT2D eigenvalue weighted by Crippen LogP contribution is 2.15. The minimum Gasteiger partial charge on any atom is -0.247 e. The molecule has 0 radical (unpaired) electrons. The summed E-state index contributed by atoms with van der Waals surface area (Å²) in [7, 11) is 0. The van der Waals surface area contributed by atoms with Crippen molar-refractivity contribution in [1.29, 1.82) is 0 Å². The van der Waals surface area contributed by atoms with Gasteiger partial charge >= 0.3 is 0 Å². The van der Waals surface area contributed by atoms with Crippen LogP contribution in [-0.2, 0) is 0 Å². The zero-order chi connectivity index (χ0) is 6.97. The fraction of sp³-hybridized carbons (Fsp3) is 0. The molecule has 0 saturated carbocycles. The number of halogens is 1. The molecule has 5 heteroatoms. The number of pyridine rings is 1. The van der Waals surface area contributed by atoms with Crippen LogP contribution in [0.5, 0.6) is 0 Å². The zero-order valence-corrected chi connectivity index (χ0v) is 6.46. The Kier molecular flexibility index (Phi) is 1.17. The molecule has 2 rings (SSSR count). The fourth-order valence-electron chi connectivity index (χ4n) is 0.742. The van der Waals surface area contributed by atoms with Gasteiger partial charge in [0, 0.05) is 6.20 Å². The number of aromatic amines is 1. The van der Waals surface area contributed by atoms with Gasteiger partial charge in [0.15, 0.2) is 0 Å². The number of fused-ring (bicyclic) bond motifs is 1. The van der Waals surface area contributed by atoms with Gasteiger partial charge in [0.2, 0.25) is 0 Å². The van der Waals surface area contributed by atoms with E-state index in [2.05, 4.69) is 36.3 Å². The number of rotatable bonds is 0. The largest absolute Gasteiger partial charge is 0.247 e. The van der Waals surface area contributed by atoms with E-state index in [1.807, 2.05) is 0 Å². The van der Waals surface area contributed by atoms with Crippen LogP contribution in [0.25, 0.3) is 11.0 Å². The molecule has 4 nitrogen and oxygen atoms in total. The molecular weight excluding hydrogens is 196 g/mol. The average molecular weight is 199 g/mol. The van der Waals surface area contributed by atoms with E-state index >= 15 is 0 Å². The zero-order valence-electron chi connectivity index (χ0n) is 4.87. The Morgan fingerprint density at radius 1 is 1.40 bits per heavy atom. The lowest BCUT2D eigenvalue weighted by Gasteiger charge is -1.85. The van der Waals surface area contributed by atoms with Crippen molar-refractivity contribution in [3.8, 4) is 0 Å². The van der Waals surface area contributed by atoms with E-state index in [-0.39, 0.29) is 0 Å². The molecule has 0 fully saturated rings. The summed E-state index contributed by atoms with van der Waals surface area (Å²) in [4.78, 5) is 3.97. The standard InChI is InChI=1S/C5H3BrN4/c6-5-4-3(1-2-7-5)8-10-9-4/h1-2H,(H,8,9,10). The molecule has 0 saturated heterocycles. The third kappa shape index (κ3) is 0.706. The Hall–Kier alpha value is -0.970. The highest BCUT2D eigenvalue weighted by atomic mass is 79.9. The maximum absolute atomic E-state index is 3.97. The van der Waals surface area contributed by atoms with Gasteiger partial charge in [0.25, 0.3) is 0 Å². The third-order valence-electron chi connectivity index (χ3n) is 1.19. The summed E-state index contributed by atoms with van der Waals surface area (Å²) in [5, 5.41) is 10.3. The van der Waals surface area contributed by atoms with Gasteiger partial charge in [-0.25, -0.2) is 4.98 Å². The van der Waals surface area contributed by atoms with Crippen LogP contribution < -0.4 is 0 Å². The monoisotopic (exact) mass is 198 g/mol. The molecule has 50 valence electrons. The minimum absolute atomic E-state index is 0.721. The van der Waals surface area contributed by atoms with E-state index in [0.29, 0.717) is 0 Å². The van der Waals surface area contributed by atoms with Crippen molar-refractivity contribution in [3.05, 3.63) is 16.9 Å². The Morgan fingerprint density at radius 3 is 3.10 bits per heavy atom. The molecule has 0 aliphatic heterocycles. The number of hydrogen-bond donors (Lipinski definition) is 1. The van der Waals surface area contributed by atoms with Crippen LogP contribution in [0.4, 0.5) is 0 Å². The SMILES string of the molecule is Brc1nccc2n[nH]nc12. The van der Waals surface area contributed by atoms with Gasteiger partial charge in [-0.2, -0.15) is 15.4 Å². The third-order valence-corrected chi connectivity index (χ3v) is 1.77. The molecule has 0 spiro atoms. The molecule has 2 aromatic rings. The molecule has 10 heavy (non-hydrogen) atoms. The smallest absolute Gasteiger partial charge is 0.145 e. The van der Waals surface area contributed by atoms with E-state index in [4.69, 9.17) is 0 Å². The van der Waals surface area contributed by atoms with Crippen molar-refractivity contribution in [2.75, 3.05) is 0 Å². The van der Waals surface area contributed by atoms with Gasteiger partial charge in [-0.3, -0.25) is 0 Å². The lowest BCUT2D eigenvalue weighted by molar-refractivity contribution is 0.958. The molecule has 0 atom stereocenters. The molecule has 0 aromatic carbocycles. The van der Waals surface area contributed by atoms with Gasteiger partial charge in [-0.1, -0.05) is 0 Å². The van der Waals surface area contributed by atoms with Crippen molar-refractivity contribution in [2.24, 2.45) is 0 Å². The lowest BCUT2D eigenvalue weighted by Crippen LogP contribution is -1.75. The summed E-state index contributed by atoms with van der Waals surface area (Å²) in [6.07, 6.45) is 1.68. The van der Waals surface area contributed by atoms with Crippen molar-refractivity contribution in [3.63, 3.8) is 0 Å².